The van der Waals surface area contributed by atoms with Crippen molar-refractivity contribution in [3.8, 4) is 17.2 Å². The number of nitrogens with one attached hydrogen (secondary N) is 1. The van der Waals surface area contributed by atoms with Crippen molar-refractivity contribution in [1.29, 1.82) is 0 Å². The Kier molecular flexibility index (Phi) is 6.88. The van der Waals surface area contributed by atoms with E-state index in [9.17, 15) is 13.2 Å². The minimum atomic E-state index is -3.97. The van der Waals surface area contributed by atoms with Gasteiger partial charge in [0, 0.05) is 5.56 Å². The number of carbonyl (C=O) groups excluding carboxylic acids is 1. The fourth-order valence-electron chi connectivity index (χ4n) is 2.50. The molecule has 0 aliphatic heterocycles. The van der Waals surface area contributed by atoms with Crippen molar-refractivity contribution in [3.05, 3.63) is 83.9 Å². The van der Waals surface area contributed by atoms with Gasteiger partial charge in [0.2, 0.25) is 0 Å². The predicted molar refractivity (Wildman–Crippen MR) is 115 cm³/mol. The summed E-state index contributed by atoms with van der Waals surface area (Å²) in [6, 6.07) is 18.7. The van der Waals surface area contributed by atoms with E-state index in [2.05, 4.69) is 10.5 Å². The van der Waals surface area contributed by atoms with Crippen molar-refractivity contribution in [2.45, 2.75) is 4.90 Å². The number of amides is 1. The molecular weight excluding hydrogens is 420 g/mol. The number of ether oxygens (including phenoxy) is 2. The predicted octanol–water partition coefficient (Wildman–Crippen LogP) is 3.24. The van der Waals surface area contributed by atoms with Crippen LogP contribution in [0, 0.1) is 0 Å². The van der Waals surface area contributed by atoms with Gasteiger partial charge in [-0.1, -0.05) is 0 Å². The normalized spacial score (nSPS) is 11.2. The van der Waals surface area contributed by atoms with E-state index < -0.39 is 10.1 Å². The fraction of sp³-hybridized carbons (Fsp3) is 0.0909. The Balaban J connectivity index is 1.59. The zero-order valence-corrected chi connectivity index (χ0v) is 17.6. The van der Waals surface area contributed by atoms with Crippen LogP contribution < -0.4 is 19.1 Å². The van der Waals surface area contributed by atoms with Gasteiger partial charge >= 0.3 is 10.1 Å². The number of benzene rings is 3. The summed E-state index contributed by atoms with van der Waals surface area (Å²) >= 11 is 0. The van der Waals surface area contributed by atoms with Gasteiger partial charge < -0.3 is 13.7 Å². The molecule has 0 saturated carbocycles. The number of hydrogen-bond acceptors (Lipinski definition) is 7. The molecule has 0 aliphatic rings. The smallest absolute Gasteiger partial charge is 0.339 e. The summed E-state index contributed by atoms with van der Waals surface area (Å²) in [5.74, 6) is 0.970. The van der Waals surface area contributed by atoms with E-state index in [1.54, 1.807) is 43.5 Å². The van der Waals surface area contributed by atoms with Gasteiger partial charge in [0.15, 0.2) is 0 Å². The van der Waals surface area contributed by atoms with Crippen LogP contribution in [0.3, 0.4) is 0 Å². The molecule has 0 fully saturated rings. The summed E-state index contributed by atoms with van der Waals surface area (Å²) in [6.45, 7) is 0. The molecule has 31 heavy (non-hydrogen) atoms. The van der Waals surface area contributed by atoms with E-state index in [-0.39, 0.29) is 16.6 Å². The summed E-state index contributed by atoms with van der Waals surface area (Å²) in [4.78, 5) is 12.1. The molecule has 3 aromatic rings. The van der Waals surface area contributed by atoms with Gasteiger partial charge in [0.1, 0.15) is 22.1 Å². The standard InChI is InChI=1S/C22H20N2O6S/c1-28-18-9-5-17(6-10-18)22(25)24-23-15-16-3-7-20(8-4-16)30-31(26,27)21-13-11-19(29-2)12-14-21/h3-15H,1-2H3,(H,24,25)/b23-15-. The average molecular weight is 440 g/mol. The van der Waals surface area contributed by atoms with Crippen LogP contribution in [-0.2, 0) is 10.1 Å². The van der Waals surface area contributed by atoms with E-state index in [1.165, 1.54) is 49.7 Å². The van der Waals surface area contributed by atoms with Gasteiger partial charge in [-0.05, 0) is 78.4 Å². The summed E-state index contributed by atoms with van der Waals surface area (Å²) in [5, 5.41) is 3.90. The Hall–Kier alpha value is -3.85. The van der Waals surface area contributed by atoms with Crippen LogP contribution in [0.15, 0.2) is 82.8 Å². The van der Waals surface area contributed by atoms with Crippen LogP contribution >= 0.6 is 0 Å². The SMILES string of the molecule is COc1ccc(C(=O)N/N=C\c2ccc(OS(=O)(=O)c3ccc(OC)cc3)cc2)cc1. The van der Waals surface area contributed by atoms with E-state index in [4.69, 9.17) is 13.7 Å². The lowest BCUT2D eigenvalue weighted by molar-refractivity contribution is 0.0955. The average Bonchev–Trinajstić information content (AvgIpc) is 2.80. The van der Waals surface area contributed by atoms with E-state index in [0.717, 1.165) is 0 Å². The second kappa shape index (κ2) is 9.77. The molecule has 0 spiro atoms. The van der Waals surface area contributed by atoms with Crippen molar-refractivity contribution in [2.24, 2.45) is 5.10 Å². The molecule has 0 unspecified atom stereocenters. The monoisotopic (exact) mass is 440 g/mol. The Morgan fingerprint density at radius 2 is 1.32 bits per heavy atom. The fourth-order valence-corrected chi connectivity index (χ4v) is 3.43. The third-order valence-corrected chi connectivity index (χ3v) is 5.43. The first-order valence-corrected chi connectivity index (χ1v) is 10.5. The molecule has 160 valence electrons. The zero-order chi connectivity index (χ0) is 22.3. The Morgan fingerprint density at radius 1 is 0.806 bits per heavy atom. The van der Waals surface area contributed by atoms with Crippen molar-refractivity contribution in [2.75, 3.05) is 14.2 Å². The summed E-state index contributed by atoms with van der Waals surface area (Å²) in [7, 11) is -0.929. The molecule has 8 nitrogen and oxygen atoms in total. The van der Waals surface area contributed by atoms with E-state index in [0.29, 0.717) is 22.6 Å². The molecule has 3 aromatic carbocycles. The molecule has 0 aromatic heterocycles. The van der Waals surface area contributed by atoms with Crippen molar-refractivity contribution in [3.63, 3.8) is 0 Å². The quantitative estimate of drug-likeness (QED) is 0.328. The van der Waals surface area contributed by atoms with Crippen LogP contribution in [-0.4, -0.2) is 34.8 Å². The molecule has 9 heteroatoms. The first-order valence-electron chi connectivity index (χ1n) is 9.07. The number of carbonyl (C=O) groups is 1. The molecule has 0 radical (unpaired) electrons. The molecular formula is C22H20N2O6S. The van der Waals surface area contributed by atoms with E-state index in [1.807, 2.05) is 0 Å². The number of hydrazone groups is 1. The molecule has 1 N–H and O–H groups in total. The van der Waals surface area contributed by atoms with Gasteiger partial charge in [0.05, 0.1) is 20.4 Å². The second-order valence-corrected chi connectivity index (χ2v) is 7.76. The van der Waals surface area contributed by atoms with Gasteiger partial charge in [0.25, 0.3) is 5.91 Å². The number of methoxy groups -OCH3 is 2. The minimum Gasteiger partial charge on any atom is -0.497 e. The third kappa shape index (κ3) is 5.83. The first-order chi connectivity index (χ1) is 14.9. The Labute approximate surface area is 180 Å². The molecule has 0 aliphatic carbocycles. The summed E-state index contributed by atoms with van der Waals surface area (Å²) in [6.07, 6.45) is 1.43. The number of hydrogen-bond donors (Lipinski definition) is 1. The van der Waals surface area contributed by atoms with Crippen LogP contribution in [0.4, 0.5) is 0 Å². The van der Waals surface area contributed by atoms with Gasteiger partial charge in [-0.25, -0.2) is 5.43 Å². The lowest BCUT2D eigenvalue weighted by Gasteiger charge is -2.08. The topological polar surface area (TPSA) is 103 Å². The second-order valence-electron chi connectivity index (χ2n) is 6.21. The van der Waals surface area contributed by atoms with Gasteiger partial charge in [-0.3, -0.25) is 4.79 Å². The van der Waals surface area contributed by atoms with Crippen LogP contribution in [0.1, 0.15) is 15.9 Å². The minimum absolute atomic E-state index is 0.0141. The molecule has 0 saturated heterocycles. The lowest BCUT2D eigenvalue weighted by Crippen LogP contribution is -2.17. The largest absolute Gasteiger partial charge is 0.497 e. The molecule has 1 amide bonds. The highest BCUT2D eigenvalue weighted by Crippen LogP contribution is 2.21. The Morgan fingerprint density at radius 3 is 1.87 bits per heavy atom. The lowest BCUT2D eigenvalue weighted by atomic mass is 10.2. The van der Waals surface area contributed by atoms with Crippen molar-refractivity contribution in [1.82, 2.24) is 5.43 Å². The molecule has 0 heterocycles. The van der Waals surface area contributed by atoms with Crippen molar-refractivity contribution < 1.29 is 26.9 Å². The number of nitrogens with zero attached hydrogens (tertiary/aromatic N) is 1. The zero-order valence-electron chi connectivity index (χ0n) is 16.8. The maximum Gasteiger partial charge on any atom is 0.339 e. The summed E-state index contributed by atoms with van der Waals surface area (Å²) < 4.78 is 39.9. The third-order valence-electron chi connectivity index (χ3n) is 4.17. The number of rotatable bonds is 8. The van der Waals surface area contributed by atoms with Gasteiger partial charge in [-0.2, -0.15) is 13.5 Å². The molecule has 0 bridgehead atoms. The highest BCUT2D eigenvalue weighted by Gasteiger charge is 2.16. The maximum absolute atomic E-state index is 12.4. The Bertz CT molecular complexity index is 1160. The summed E-state index contributed by atoms with van der Waals surface area (Å²) in [5.41, 5.74) is 3.50. The first kappa shape index (κ1) is 21.8. The van der Waals surface area contributed by atoms with Gasteiger partial charge in [-0.15, -0.1) is 0 Å². The maximum atomic E-state index is 12.4. The van der Waals surface area contributed by atoms with Crippen molar-refractivity contribution >= 4 is 22.2 Å². The van der Waals surface area contributed by atoms with Crippen LogP contribution in [0.2, 0.25) is 0 Å². The molecule has 0 atom stereocenters. The highest BCUT2D eigenvalue weighted by molar-refractivity contribution is 7.87. The molecule has 3 rings (SSSR count). The van der Waals surface area contributed by atoms with Crippen LogP contribution in [0.5, 0.6) is 17.2 Å². The van der Waals surface area contributed by atoms with Crippen LogP contribution in [0.25, 0.3) is 0 Å². The highest BCUT2D eigenvalue weighted by atomic mass is 32.2. The van der Waals surface area contributed by atoms with E-state index >= 15 is 0 Å².